The van der Waals surface area contributed by atoms with Crippen LogP contribution in [0.4, 0.5) is 5.69 Å². The van der Waals surface area contributed by atoms with E-state index in [9.17, 15) is 9.59 Å². The van der Waals surface area contributed by atoms with Crippen LogP contribution in [0.1, 0.15) is 38.7 Å². The van der Waals surface area contributed by atoms with E-state index < -0.39 is 0 Å². The number of anilines is 1. The molecule has 1 aromatic rings. The maximum atomic E-state index is 11.6. The van der Waals surface area contributed by atoms with Crippen molar-refractivity contribution >= 4 is 28.9 Å². The van der Waals surface area contributed by atoms with E-state index in [0.717, 1.165) is 11.3 Å². The standard InChI is InChI=1S/C15H20ClNO2/c1-4-13(19)7-8-15(11(3)18)17-12-6-5-10(2)14(16)9-12/h5-6,9,15,17H,4,7-8H2,1-3H3. The molecule has 0 spiro atoms. The molecule has 0 aromatic heterocycles. The summed E-state index contributed by atoms with van der Waals surface area (Å²) in [5.41, 5.74) is 1.80. The number of nitrogens with one attached hydrogen (secondary N) is 1. The van der Waals surface area contributed by atoms with Crippen molar-refractivity contribution in [1.82, 2.24) is 0 Å². The first-order valence-corrected chi connectivity index (χ1v) is 6.86. The summed E-state index contributed by atoms with van der Waals surface area (Å²) < 4.78 is 0. The Bertz CT molecular complexity index is 471. The Morgan fingerprint density at radius 2 is 2.05 bits per heavy atom. The number of hydrogen-bond donors (Lipinski definition) is 1. The summed E-state index contributed by atoms with van der Waals surface area (Å²) in [6.45, 7) is 5.29. The predicted molar refractivity (Wildman–Crippen MR) is 78.8 cm³/mol. The van der Waals surface area contributed by atoms with Gasteiger partial charge in [-0.25, -0.2) is 0 Å². The van der Waals surface area contributed by atoms with Crippen LogP contribution in [0.25, 0.3) is 0 Å². The van der Waals surface area contributed by atoms with Crippen LogP contribution >= 0.6 is 11.6 Å². The molecule has 19 heavy (non-hydrogen) atoms. The lowest BCUT2D eigenvalue weighted by Crippen LogP contribution is -2.28. The van der Waals surface area contributed by atoms with E-state index in [4.69, 9.17) is 11.6 Å². The fraction of sp³-hybridized carbons (Fsp3) is 0.467. The number of benzene rings is 1. The second-order valence-electron chi connectivity index (χ2n) is 4.70. The molecule has 1 unspecified atom stereocenters. The van der Waals surface area contributed by atoms with Crippen LogP contribution in [0.3, 0.4) is 0 Å². The summed E-state index contributed by atoms with van der Waals surface area (Å²) in [5.74, 6) is 0.204. The summed E-state index contributed by atoms with van der Waals surface area (Å²) in [6, 6.07) is 5.25. The number of Topliss-reactive ketones (excluding diaryl/α,β-unsaturated/α-hetero) is 2. The predicted octanol–water partition coefficient (Wildman–Crippen LogP) is 3.78. The van der Waals surface area contributed by atoms with E-state index in [1.54, 1.807) is 6.07 Å². The molecule has 0 aliphatic carbocycles. The van der Waals surface area contributed by atoms with Gasteiger partial charge in [0.05, 0.1) is 6.04 Å². The summed E-state index contributed by atoms with van der Waals surface area (Å²) in [5, 5.41) is 3.80. The Balaban J connectivity index is 2.70. The zero-order valence-corrected chi connectivity index (χ0v) is 12.4. The fourth-order valence-corrected chi connectivity index (χ4v) is 1.92. The van der Waals surface area contributed by atoms with Crippen molar-refractivity contribution in [3.8, 4) is 0 Å². The molecule has 0 heterocycles. The minimum atomic E-state index is -0.339. The third-order valence-electron chi connectivity index (χ3n) is 3.11. The summed E-state index contributed by atoms with van der Waals surface area (Å²) in [6.07, 6.45) is 1.46. The molecule has 0 fully saturated rings. The van der Waals surface area contributed by atoms with Gasteiger partial charge in [-0.15, -0.1) is 0 Å². The van der Waals surface area contributed by atoms with Gasteiger partial charge in [-0.2, -0.15) is 0 Å². The molecule has 0 amide bonds. The second kappa shape index (κ2) is 7.29. The Morgan fingerprint density at radius 3 is 2.58 bits per heavy atom. The van der Waals surface area contributed by atoms with Crippen molar-refractivity contribution in [2.45, 2.75) is 46.1 Å². The summed E-state index contributed by atoms with van der Waals surface area (Å²) in [4.78, 5) is 22.9. The van der Waals surface area contributed by atoms with Crippen LogP contribution in [-0.2, 0) is 9.59 Å². The molecular weight excluding hydrogens is 262 g/mol. The minimum absolute atomic E-state index is 0.0283. The monoisotopic (exact) mass is 281 g/mol. The third-order valence-corrected chi connectivity index (χ3v) is 3.52. The molecule has 1 N–H and O–H groups in total. The largest absolute Gasteiger partial charge is 0.375 e. The molecule has 1 aromatic carbocycles. The first-order chi connectivity index (χ1) is 8.93. The van der Waals surface area contributed by atoms with Crippen LogP contribution in [0.15, 0.2) is 18.2 Å². The molecule has 4 heteroatoms. The summed E-state index contributed by atoms with van der Waals surface area (Å²) >= 11 is 6.05. The molecule has 0 saturated heterocycles. The highest BCUT2D eigenvalue weighted by Gasteiger charge is 2.15. The van der Waals surface area contributed by atoms with Gasteiger partial charge >= 0.3 is 0 Å². The molecule has 0 saturated carbocycles. The lowest BCUT2D eigenvalue weighted by atomic mass is 10.0. The average molecular weight is 282 g/mol. The van der Waals surface area contributed by atoms with E-state index >= 15 is 0 Å². The average Bonchev–Trinajstić information content (AvgIpc) is 2.37. The van der Waals surface area contributed by atoms with Crippen molar-refractivity contribution in [3.63, 3.8) is 0 Å². The van der Waals surface area contributed by atoms with E-state index in [-0.39, 0.29) is 17.6 Å². The molecule has 1 rings (SSSR count). The highest BCUT2D eigenvalue weighted by Crippen LogP contribution is 2.21. The number of ketones is 2. The molecule has 0 bridgehead atoms. The van der Waals surface area contributed by atoms with Crippen molar-refractivity contribution in [2.75, 3.05) is 5.32 Å². The van der Waals surface area contributed by atoms with Gasteiger partial charge in [-0.3, -0.25) is 9.59 Å². The van der Waals surface area contributed by atoms with Crippen molar-refractivity contribution in [3.05, 3.63) is 28.8 Å². The van der Waals surface area contributed by atoms with Crippen molar-refractivity contribution in [2.24, 2.45) is 0 Å². The Kier molecular flexibility index (Phi) is 6.03. The lowest BCUT2D eigenvalue weighted by Gasteiger charge is -2.17. The Morgan fingerprint density at radius 1 is 1.37 bits per heavy atom. The van der Waals surface area contributed by atoms with Gasteiger partial charge in [0.2, 0.25) is 0 Å². The zero-order valence-electron chi connectivity index (χ0n) is 11.6. The van der Waals surface area contributed by atoms with Crippen molar-refractivity contribution in [1.29, 1.82) is 0 Å². The smallest absolute Gasteiger partial charge is 0.151 e. The molecule has 0 radical (unpaired) electrons. The Labute approximate surface area is 119 Å². The van der Waals surface area contributed by atoms with Gasteiger partial charge < -0.3 is 5.32 Å². The van der Waals surface area contributed by atoms with E-state index in [1.165, 1.54) is 6.92 Å². The Hall–Kier alpha value is -1.35. The molecule has 3 nitrogen and oxygen atoms in total. The van der Waals surface area contributed by atoms with Gasteiger partial charge in [0.25, 0.3) is 0 Å². The highest BCUT2D eigenvalue weighted by atomic mass is 35.5. The van der Waals surface area contributed by atoms with Crippen LogP contribution < -0.4 is 5.32 Å². The third kappa shape index (κ3) is 5.03. The van der Waals surface area contributed by atoms with Crippen LogP contribution in [0, 0.1) is 6.92 Å². The van der Waals surface area contributed by atoms with Gasteiger partial charge in [-0.1, -0.05) is 24.6 Å². The molecule has 1 atom stereocenters. The molecular formula is C15H20ClNO2. The zero-order chi connectivity index (χ0) is 14.4. The highest BCUT2D eigenvalue weighted by molar-refractivity contribution is 6.31. The van der Waals surface area contributed by atoms with Gasteiger partial charge in [0, 0.05) is 23.6 Å². The van der Waals surface area contributed by atoms with Gasteiger partial charge in [0.1, 0.15) is 5.78 Å². The molecule has 104 valence electrons. The fourth-order valence-electron chi connectivity index (χ4n) is 1.74. The van der Waals surface area contributed by atoms with Gasteiger partial charge in [0.15, 0.2) is 5.78 Å². The maximum absolute atomic E-state index is 11.6. The second-order valence-corrected chi connectivity index (χ2v) is 5.11. The van der Waals surface area contributed by atoms with Crippen LogP contribution in [0.5, 0.6) is 0 Å². The number of rotatable bonds is 7. The first-order valence-electron chi connectivity index (χ1n) is 6.49. The normalized spacial score (nSPS) is 12.0. The lowest BCUT2D eigenvalue weighted by molar-refractivity contribution is -0.119. The van der Waals surface area contributed by atoms with Crippen LogP contribution in [0.2, 0.25) is 5.02 Å². The quantitative estimate of drug-likeness (QED) is 0.827. The van der Waals surface area contributed by atoms with E-state index in [1.807, 2.05) is 26.0 Å². The SMILES string of the molecule is CCC(=O)CCC(Nc1ccc(C)c(Cl)c1)C(C)=O. The molecule has 0 aliphatic rings. The number of aryl methyl sites for hydroxylation is 1. The number of hydrogen-bond acceptors (Lipinski definition) is 3. The summed E-state index contributed by atoms with van der Waals surface area (Å²) in [7, 11) is 0. The van der Waals surface area contributed by atoms with Crippen molar-refractivity contribution < 1.29 is 9.59 Å². The number of carbonyl (C=O) groups excluding carboxylic acids is 2. The first kappa shape index (κ1) is 15.7. The van der Waals surface area contributed by atoms with E-state index in [2.05, 4.69) is 5.32 Å². The number of halogens is 1. The van der Waals surface area contributed by atoms with E-state index in [0.29, 0.717) is 24.3 Å². The maximum Gasteiger partial charge on any atom is 0.151 e. The topological polar surface area (TPSA) is 46.2 Å². The minimum Gasteiger partial charge on any atom is -0.375 e. The van der Waals surface area contributed by atoms with Crippen LogP contribution in [-0.4, -0.2) is 17.6 Å². The van der Waals surface area contributed by atoms with Gasteiger partial charge in [-0.05, 0) is 38.0 Å². The number of carbonyl (C=O) groups is 2. The molecule has 0 aliphatic heterocycles.